The Morgan fingerprint density at radius 1 is 1.53 bits per heavy atom. The molecule has 0 aromatic carbocycles. The lowest BCUT2D eigenvalue weighted by atomic mass is 10.2. The van der Waals surface area contributed by atoms with E-state index < -0.39 is 0 Å². The van der Waals surface area contributed by atoms with Crippen molar-refractivity contribution in [1.29, 1.82) is 0 Å². The van der Waals surface area contributed by atoms with Gasteiger partial charge in [0.05, 0.1) is 12.8 Å². The van der Waals surface area contributed by atoms with Gasteiger partial charge in [-0.2, -0.15) is 5.10 Å². The highest BCUT2D eigenvalue weighted by molar-refractivity contribution is 5.80. The van der Waals surface area contributed by atoms with Crippen molar-refractivity contribution in [2.75, 3.05) is 18.1 Å². The molecule has 1 aliphatic rings. The lowest BCUT2D eigenvalue weighted by Gasteiger charge is -2.23. The predicted octanol–water partition coefficient (Wildman–Crippen LogP) is 1.26. The first-order chi connectivity index (χ1) is 9.29. The molecule has 1 fully saturated rings. The first kappa shape index (κ1) is 12.0. The van der Waals surface area contributed by atoms with Crippen LogP contribution in [0.2, 0.25) is 0 Å². The summed E-state index contributed by atoms with van der Waals surface area (Å²) in [6, 6.07) is 3.52. The van der Waals surface area contributed by atoms with Crippen LogP contribution in [0.1, 0.15) is 19.8 Å². The molecule has 19 heavy (non-hydrogen) atoms. The lowest BCUT2D eigenvalue weighted by molar-refractivity contribution is -0.144. The molecule has 0 spiro atoms. The standard InChI is InChI=1S/C13H16N4O2/c1-2-19-13(18)10-4-3-8-16(10)11-6-9-17-12(15-11)5-7-14-17/h5-7,9-10H,2-4,8H2,1H3. The van der Waals surface area contributed by atoms with Gasteiger partial charge in [0.1, 0.15) is 11.9 Å². The average molecular weight is 260 g/mol. The zero-order valence-electron chi connectivity index (χ0n) is 10.8. The summed E-state index contributed by atoms with van der Waals surface area (Å²) in [5.41, 5.74) is 0.784. The molecule has 0 radical (unpaired) electrons. The molecule has 2 aromatic rings. The summed E-state index contributed by atoms with van der Waals surface area (Å²) in [5.74, 6) is 0.652. The Morgan fingerprint density at radius 3 is 3.26 bits per heavy atom. The maximum atomic E-state index is 11.9. The van der Waals surface area contributed by atoms with Crippen molar-refractivity contribution in [2.24, 2.45) is 0 Å². The quantitative estimate of drug-likeness (QED) is 0.778. The maximum Gasteiger partial charge on any atom is 0.328 e. The zero-order chi connectivity index (χ0) is 13.2. The molecular weight excluding hydrogens is 244 g/mol. The number of esters is 1. The summed E-state index contributed by atoms with van der Waals surface area (Å²) in [5, 5.41) is 4.11. The van der Waals surface area contributed by atoms with Crippen LogP contribution in [-0.4, -0.2) is 39.8 Å². The molecule has 2 aromatic heterocycles. The number of carbonyl (C=O) groups is 1. The summed E-state index contributed by atoms with van der Waals surface area (Å²) in [4.78, 5) is 18.5. The Kier molecular flexibility index (Phi) is 3.06. The van der Waals surface area contributed by atoms with E-state index in [0.717, 1.165) is 30.9 Å². The van der Waals surface area contributed by atoms with Gasteiger partial charge in [0.2, 0.25) is 0 Å². The van der Waals surface area contributed by atoms with Crippen molar-refractivity contribution >= 4 is 17.4 Å². The number of rotatable bonds is 3. The molecule has 1 aliphatic heterocycles. The number of hydrogen-bond acceptors (Lipinski definition) is 5. The van der Waals surface area contributed by atoms with Crippen molar-refractivity contribution in [3.8, 4) is 0 Å². The Labute approximate surface area is 111 Å². The van der Waals surface area contributed by atoms with E-state index in [9.17, 15) is 4.79 Å². The summed E-state index contributed by atoms with van der Waals surface area (Å²) >= 11 is 0. The summed E-state index contributed by atoms with van der Waals surface area (Å²) < 4.78 is 6.83. The van der Waals surface area contributed by atoms with Gasteiger partial charge in [0.25, 0.3) is 0 Å². The van der Waals surface area contributed by atoms with Crippen molar-refractivity contribution in [1.82, 2.24) is 14.6 Å². The molecule has 1 saturated heterocycles. The van der Waals surface area contributed by atoms with Crippen LogP contribution >= 0.6 is 0 Å². The van der Waals surface area contributed by atoms with Crippen LogP contribution in [0.25, 0.3) is 5.65 Å². The van der Waals surface area contributed by atoms with Gasteiger partial charge in [-0.05, 0) is 25.8 Å². The Hall–Kier alpha value is -2.11. The zero-order valence-corrected chi connectivity index (χ0v) is 10.8. The third-order valence-electron chi connectivity index (χ3n) is 3.35. The number of fused-ring (bicyclic) bond motifs is 1. The highest BCUT2D eigenvalue weighted by Gasteiger charge is 2.32. The molecule has 1 atom stereocenters. The molecule has 0 N–H and O–H groups in total. The van der Waals surface area contributed by atoms with Crippen molar-refractivity contribution in [3.05, 3.63) is 24.5 Å². The fraction of sp³-hybridized carbons (Fsp3) is 0.462. The summed E-state index contributed by atoms with van der Waals surface area (Å²) in [7, 11) is 0. The second-order valence-electron chi connectivity index (χ2n) is 4.52. The van der Waals surface area contributed by atoms with Crippen LogP contribution in [0.3, 0.4) is 0 Å². The monoisotopic (exact) mass is 260 g/mol. The number of aromatic nitrogens is 3. The molecule has 0 amide bonds. The number of hydrogen-bond donors (Lipinski definition) is 0. The van der Waals surface area contributed by atoms with Crippen LogP contribution in [0, 0.1) is 0 Å². The Bertz CT molecular complexity index is 595. The second kappa shape index (κ2) is 4.87. The molecule has 3 heterocycles. The van der Waals surface area contributed by atoms with Crippen molar-refractivity contribution in [3.63, 3.8) is 0 Å². The minimum absolute atomic E-state index is 0.157. The third kappa shape index (κ3) is 2.14. The topological polar surface area (TPSA) is 59.7 Å². The van der Waals surface area contributed by atoms with Crippen LogP contribution in [0.15, 0.2) is 24.5 Å². The molecule has 100 valence electrons. The van der Waals surface area contributed by atoms with Gasteiger partial charge < -0.3 is 9.64 Å². The van der Waals surface area contributed by atoms with Gasteiger partial charge >= 0.3 is 5.97 Å². The van der Waals surface area contributed by atoms with Gasteiger partial charge in [0, 0.05) is 18.8 Å². The first-order valence-corrected chi connectivity index (χ1v) is 6.53. The van der Waals surface area contributed by atoms with Gasteiger partial charge in [-0.25, -0.2) is 14.3 Å². The van der Waals surface area contributed by atoms with Gasteiger partial charge in [-0.15, -0.1) is 0 Å². The highest BCUT2D eigenvalue weighted by Crippen LogP contribution is 2.24. The van der Waals surface area contributed by atoms with Crippen LogP contribution in [-0.2, 0) is 9.53 Å². The normalized spacial score (nSPS) is 19.0. The number of anilines is 1. The van der Waals surface area contributed by atoms with Crippen LogP contribution in [0.5, 0.6) is 0 Å². The third-order valence-corrected chi connectivity index (χ3v) is 3.35. The number of ether oxygens (including phenoxy) is 1. The SMILES string of the molecule is CCOC(=O)C1CCCN1c1ccn2nccc2n1. The molecule has 0 saturated carbocycles. The van der Waals surface area contributed by atoms with Gasteiger partial charge in [-0.1, -0.05) is 0 Å². The minimum atomic E-state index is -0.210. The van der Waals surface area contributed by atoms with Crippen LogP contribution in [0.4, 0.5) is 5.82 Å². The molecule has 6 nitrogen and oxygen atoms in total. The average Bonchev–Trinajstić information content (AvgIpc) is 3.07. The summed E-state index contributed by atoms with van der Waals surface area (Å²) in [6.45, 7) is 3.08. The van der Waals surface area contributed by atoms with Crippen molar-refractivity contribution in [2.45, 2.75) is 25.8 Å². The van der Waals surface area contributed by atoms with E-state index in [1.165, 1.54) is 0 Å². The second-order valence-corrected chi connectivity index (χ2v) is 4.52. The number of carbonyl (C=O) groups excluding carboxylic acids is 1. The van der Waals surface area contributed by atoms with E-state index in [1.54, 1.807) is 10.7 Å². The smallest absolute Gasteiger partial charge is 0.328 e. The first-order valence-electron chi connectivity index (χ1n) is 6.53. The largest absolute Gasteiger partial charge is 0.464 e. The van der Waals surface area contributed by atoms with Gasteiger partial charge in [0.15, 0.2) is 5.65 Å². The van der Waals surface area contributed by atoms with Crippen LogP contribution < -0.4 is 4.90 Å². The van der Waals surface area contributed by atoms with Gasteiger partial charge in [-0.3, -0.25) is 0 Å². The molecule has 0 aliphatic carbocycles. The van der Waals surface area contributed by atoms with E-state index in [4.69, 9.17) is 4.74 Å². The Morgan fingerprint density at radius 2 is 2.42 bits per heavy atom. The molecule has 0 bridgehead atoms. The lowest BCUT2D eigenvalue weighted by Crippen LogP contribution is -2.37. The molecule has 6 heteroatoms. The molecule has 1 unspecified atom stereocenters. The maximum absolute atomic E-state index is 11.9. The van der Waals surface area contributed by atoms with E-state index >= 15 is 0 Å². The van der Waals surface area contributed by atoms with E-state index in [2.05, 4.69) is 10.1 Å². The van der Waals surface area contributed by atoms with E-state index in [1.807, 2.05) is 30.2 Å². The molecule has 3 rings (SSSR count). The van der Waals surface area contributed by atoms with E-state index in [0.29, 0.717) is 6.61 Å². The summed E-state index contributed by atoms with van der Waals surface area (Å²) in [6.07, 6.45) is 5.37. The number of nitrogens with zero attached hydrogens (tertiary/aromatic N) is 4. The molecular formula is C13H16N4O2. The van der Waals surface area contributed by atoms with Crippen molar-refractivity contribution < 1.29 is 9.53 Å². The Balaban J connectivity index is 1.88. The highest BCUT2D eigenvalue weighted by atomic mass is 16.5. The fourth-order valence-electron chi connectivity index (χ4n) is 2.49. The fourth-order valence-corrected chi connectivity index (χ4v) is 2.49. The minimum Gasteiger partial charge on any atom is -0.464 e. The van der Waals surface area contributed by atoms with E-state index in [-0.39, 0.29) is 12.0 Å². The predicted molar refractivity (Wildman–Crippen MR) is 70.0 cm³/mol.